The summed E-state index contributed by atoms with van der Waals surface area (Å²) in [6.07, 6.45) is 1.80. The van der Waals surface area contributed by atoms with Gasteiger partial charge in [-0.1, -0.05) is 11.6 Å². The molecule has 0 fully saturated rings. The lowest BCUT2D eigenvalue weighted by Crippen LogP contribution is -2.25. The quantitative estimate of drug-likeness (QED) is 0.839. The van der Waals surface area contributed by atoms with E-state index in [0.717, 1.165) is 0 Å². The van der Waals surface area contributed by atoms with Gasteiger partial charge in [0.2, 0.25) is 0 Å². The molecule has 0 bridgehead atoms. The first-order valence-electron chi connectivity index (χ1n) is 4.99. The van der Waals surface area contributed by atoms with Crippen LogP contribution in [0.25, 0.3) is 0 Å². The second kappa shape index (κ2) is 5.23. The van der Waals surface area contributed by atoms with Crippen molar-refractivity contribution in [1.29, 1.82) is 0 Å². The Balaban J connectivity index is 2.69. The molecule has 1 atom stereocenters. The van der Waals surface area contributed by atoms with Crippen molar-refractivity contribution in [3.05, 3.63) is 28.8 Å². The Kier molecular flexibility index (Phi) is 4.44. The molecule has 0 aliphatic heterocycles. The summed E-state index contributed by atoms with van der Waals surface area (Å²) in [4.78, 5) is 3.90. The average Bonchev–Trinajstić information content (AvgIpc) is 2.18. The smallest absolute Gasteiger partial charge is 0.163 e. The van der Waals surface area contributed by atoms with E-state index in [4.69, 9.17) is 11.6 Å². The molecule has 0 unspecified atom stereocenters. The Labute approximate surface area is 103 Å². The van der Waals surface area contributed by atoms with E-state index in [0.29, 0.717) is 12.2 Å². The molecule has 0 aliphatic rings. The number of aromatic nitrogens is 1. The molecule has 0 N–H and O–H groups in total. The molecule has 5 heteroatoms. The van der Waals surface area contributed by atoms with E-state index < -0.39 is 16.6 Å². The highest BCUT2D eigenvalue weighted by atomic mass is 35.5. The van der Waals surface area contributed by atoms with Crippen LogP contribution in [0.2, 0.25) is 5.02 Å². The highest BCUT2D eigenvalue weighted by Crippen LogP contribution is 2.18. The maximum Gasteiger partial charge on any atom is 0.163 e. The van der Waals surface area contributed by atoms with Crippen molar-refractivity contribution in [1.82, 2.24) is 4.98 Å². The van der Waals surface area contributed by atoms with Crippen LogP contribution in [0.15, 0.2) is 12.3 Å². The van der Waals surface area contributed by atoms with Crippen LogP contribution in [0.3, 0.4) is 0 Å². The molecule has 2 nitrogen and oxygen atoms in total. The van der Waals surface area contributed by atoms with Gasteiger partial charge in [0.05, 0.1) is 10.7 Å². The zero-order valence-electron chi connectivity index (χ0n) is 9.59. The Hall–Kier alpha value is -0.480. The average molecular weight is 264 g/mol. The van der Waals surface area contributed by atoms with Gasteiger partial charge in [0.25, 0.3) is 0 Å². The van der Waals surface area contributed by atoms with Crippen molar-refractivity contribution in [3.63, 3.8) is 0 Å². The van der Waals surface area contributed by atoms with Gasteiger partial charge in [-0.05, 0) is 26.8 Å². The summed E-state index contributed by atoms with van der Waals surface area (Å²) in [6.45, 7) is 5.68. The Morgan fingerprint density at radius 3 is 2.69 bits per heavy atom. The standard InChI is InChI=1S/C11H15ClFNOS/c1-11(2,3)16(15)7-5-9-10(13)8(12)4-6-14-9/h4,6H,5,7H2,1-3H3/t16-/m1/s1. The topological polar surface area (TPSA) is 30.0 Å². The number of rotatable bonds is 3. The maximum atomic E-state index is 13.5. The summed E-state index contributed by atoms with van der Waals surface area (Å²) in [7, 11) is -1.00. The summed E-state index contributed by atoms with van der Waals surface area (Å²) < 4.78 is 24.9. The first kappa shape index (κ1) is 13.6. The van der Waals surface area contributed by atoms with Crippen LogP contribution in [0.1, 0.15) is 26.5 Å². The van der Waals surface area contributed by atoms with Crippen LogP contribution < -0.4 is 0 Å². The van der Waals surface area contributed by atoms with Crippen molar-refractivity contribution < 1.29 is 8.60 Å². The number of hydrogen-bond acceptors (Lipinski definition) is 2. The minimum atomic E-state index is -1.00. The van der Waals surface area contributed by atoms with Crippen molar-refractivity contribution in [2.45, 2.75) is 31.9 Å². The van der Waals surface area contributed by atoms with Crippen molar-refractivity contribution >= 4 is 22.4 Å². The van der Waals surface area contributed by atoms with Crippen LogP contribution in [0.4, 0.5) is 4.39 Å². The summed E-state index contributed by atoms with van der Waals surface area (Å²) in [5.41, 5.74) is 0.283. The van der Waals surface area contributed by atoms with Gasteiger partial charge in [-0.2, -0.15) is 0 Å². The first-order valence-corrected chi connectivity index (χ1v) is 6.69. The van der Waals surface area contributed by atoms with Gasteiger partial charge in [-0.3, -0.25) is 9.19 Å². The zero-order chi connectivity index (χ0) is 12.3. The monoisotopic (exact) mass is 263 g/mol. The highest BCUT2D eigenvalue weighted by molar-refractivity contribution is 7.86. The number of aryl methyl sites for hydroxylation is 1. The van der Waals surface area contributed by atoms with Crippen LogP contribution in [-0.4, -0.2) is 19.7 Å². The SMILES string of the molecule is CC(C)(C)[S@](=O)CCc1nccc(Cl)c1F. The predicted octanol–water partition coefficient (Wildman–Crippen LogP) is 2.96. The fourth-order valence-corrected chi connectivity index (χ4v) is 2.29. The van der Waals surface area contributed by atoms with E-state index in [1.54, 1.807) is 0 Å². The maximum absolute atomic E-state index is 13.5. The van der Waals surface area contributed by atoms with Crippen molar-refractivity contribution in [2.24, 2.45) is 0 Å². The van der Waals surface area contributed by atoms with Crippen LogP contribution >= 0.6 is 11.6 Å². The predicted molar refractivity (Wildman–Crippen MR) is 65.7 cm³/mol. The van der Waals surface area contributed by atoms with Gasteiger partial charge in [-0.25, -0.2) is 4.39 Å². The number of hydrogen-bond donors (Lipinski definition) is 0. The molecule has 0 saturated carbocycles. The van der Waals surface area contributed by atoms with E-state index in [-0.39, 0.29) is 15.5 Å². The van der Waals surface area contributed by atoms with Crippen LogP contribution in [0.5, 0.6) is 0 Å². The Morgan fingerprint density at radius 1 is 1.50 bits per heavy atom. The summed E-state index contributed by atoms with van der Waals surface area (Å²) in [5, 5.41) is 0.0616. The lowest BCUT2D eigenvalue weighted by Gasteiger charge is -2.17. The van der Waals surface area contributed by atoms with Crippen LogP contribution in [0, 0.1) is 5.82 Å². The molecular formula is C11H15ClFNOS. The fraction of sp³-hybridized carbons (Fsp3) is 0.545. The molecule has 1 aromatic rings. The molecule has 16 heavy (non-hydrogen) atoms. The van der Waals surface area contributed by atoms with Gasteiger partial charge in [-0.15, -0.1) is 0 Å². The Bertz CT molecular complexity index is 403. The molecule has 0 saturated heterocycles. The van der Waals surface area contributed by atoms with Gasteiger partial charge in [0.1, 0.15) is 0 Å². The van der Waals surface area contributed by atoms with Gasteiger partial charge < -0.3 is 0 Å². The highest BCUT2D eigenvalue weighted by Gasteiger charge is 2.20. The van der Waals surface area contributed by atoms with Gasteiger partial charge >= 0.3 is 0 Å². The molecule has 1 rings (SSSR count). The minimum Gasteiger partial charge on any atom is -0.259 e. The molecule has 1 aromatic heterocycles. The first-order chi connectivity index (χ1) is 7.32. The summed E-state index contributed by atoms with van der Waals surface area (Å²) in [5.74, 6) is -0.108. The normalized spacial score (nSPS) is 13.8. The lowest BCUT2D eigenvalue weighted by atomic mass is 10.3. The minimum absolute atomic E-state index is 0.0616. The second-order valence-electron chi connectivity index (χ2n) is 4.47. The van der Waals surface area contributed by atoms with Crippen LogP contribution in [-0.2, 0) is 17.2 Å². The van der Waals surface area contributed by atoms with E-state index in [1.807, 2.05) is 20.8 Å². The van der Waals surface area contributed by atoms with Gasteiger partial charge in [0, 0.05) is 33.9 Å². The molecular weight excluding hydrogens is 249 g/mol. The zero-order valence-corrected chi connectivity index (χ0v) is 11.2. The third-order valence-electron chi connectivity index (χ3n) is 2.12. The molecule has 0 aliphatic carbocycles. The molecule has 0 spiro atoms. The lowest BCUT2D eigenvalue weighted by molar-refractivity contribution is 0.600. The molecule has 0 amide bonds. The van der Waals surface area contributed by atoms with Gasteiger partial charge in [0.15, 0.2) is 5.82 Å². The molecule has 0 radical (unpaired) electrons. The third-order valence-corrected chi connectivity index (χ3v) is 4.35. The number of pyridine rings is 1. The van der Waals surface area contributed by atoms with Crippen molar-refractivity contribution in [3.8, 4) is 0 Å². The van der Waals surface area contributed by atoms with E-state index in [9.17, 15) is 8.60 Å². The molecule has 0 aromatic carbocycles. The third kappa shape index (κ3) is 3.52. The second-order valence-corrected chi connectivity index (χ2v) is 7.20. The summed E-state index contributed by atoms with van der Waals surface area (Å²) >= 11 is 5.63. The van der Waals surface area contributed by atoms with E-state index in [2.05, 4.69) is 4.98 Å². The largest absolute Gasteiger partial charge is 0.259 e. The molecule has 90 valence electrons. The van der Waals surface area contributed by atoms with Crippen molar-refractivity contribution in [2.75, 3.05) is 5.75 Å². The number of halogens is 2. The molecule has 1 heterocycles. The number of nitrogens with zero attached hydrogens (tertiary/aromatic N) is 1. The van der Waals surface area contributed by atoms with E-state index in [1.165, 1.54) is 12.3 Å². The fourth-order valence-electron chi connectivity index (χ4n) is 1.13. The Morgan fingerprint density at radius 2 is 2.12 bits per heavy atom. The van der Waals surface area contributed by atoms with E-state index >= 15 is 0 Å². The summed E-state index contributed by atoms with van der Waals surface area (Å²) in [6, 6.07) is 1.40.